The van der Waals surface area contributed by atoms with Gasteiger partial charge in [-0.25, -0.2) is 22.5 Å². The fourth-order valence-electron chi connectivity index (χ4n) is 5.70. The number of rotatable bonds is 8. The summed E-state index contributed by atoms with van der Waals surface area (Å²) in [7, 11) is -2.07. The molecule has 7 nitrogen and oxygen atoms in total. The van der Waals surface area contributed by atoms with Crippen molar-refractivity contribution in [2.24, 2.45) is 13.0 Å². The van der Waals surface area contributed by atoms with Crippen LogP contribution in [0.1, 0.15) is 53.7 Å². The molecule has 4 aromatic rings. The van der Waals surface area contributed by atoms with Gasteiger partial charge in [-0.3, -0.25) is 4.79 Å². The Hall–Kier alpha value is -3.53. The van der Waals surface area contributed by atoms with Crippen LogP contribution in [0.5, 0.6) is 0 Å². The molecular weight excluding hydrogens is 563 g/mol. The van der Waals surface area contributed by atoms with Crippen LogP contribution in [-0.4, -0.2) is 23.9 Å². The zero-order valence-electron chi connectivity index (χ0n) is 22.5. The predicted octanol–water partition coefficient (Wildman–Crippen LogP) is 5.91. The highest BCUT2D eigenvalue weighted by molar-refractivity contribution is 7.89. The van der Waals surface area contributed by atoms with Crippen molar-refractivity contribution in [1.82, 2.24) is 14.3 Å². The minimum atomic E-state index is -3.96. The molecule has 0 bridgehead atoms. The number of halogens is 2. The lowest BCUT2D eigenvalue weighted by Gasteiger charge is -2.29. The molecule has 1 fully saturated rings. The Morgan fingerprint density at radius 2 is 1.95 bits per heavy atom. The molecule has 0 radical (unpaired) electrons. The number of aromatic nitrogens is 2. The van der Waals surface area contributed by atoms with Gasteiger partial charge < -0.3 is 9.47 Å². The van der Waals surface area contributed by atoms with E-state index in [0.29, 0.717) is 17.1 Å². The second-order valence-corrected chi connectivity index (χ2v) is 12.9. The Labute approximate surface area is 244 Å². The number of carbonyl (C=O) groups is 1. The highest BCUT2D eigenvalue weighted by atomic mass is 35.5. The minimum Gasteiger partial charge on any atom is -0.337 e. The van der Waals surface area contributed by atoms with Gasteiger partial charge in [0.05, 0.1) is 11.4 Å². The average Bonchev–Trinajstić information content (AvgIpc) is 3.66. The summed E-state index contributed by atoms with van der Waals surface area (Å²) in [6, 6.07) is 18.0. The Kier molecular flexibility index (Phi) is 7.44. The highest BCUT2D eigenvalue weighted by Gasteiger charge is 2.46. The third-order valence-electron chi connectivity index (χ3n) is 8.05. The maximum Gasteiger partial charge on any atom is 0.241 e. The van der Waals surface area contributed by atoms with E-state index in [1.807, 2.05) is 60.3 Å². The summed E-state index contributed by atoms with van der Waals surface area (Å²) >= 11 is 6.07. The summed E-state index contributed by atoms with van der Waals surface area (Å²) in [5.41, 5.74) is 3.63. The van der Waals surface area contributed by atoms with E-state index in [-0.39, 0.29) is 29.2 Å². The summed E-state index contributed by atoms with van der Waals surface area (Å²) in [4.78, 5) is 20.1. The second kappa shape index (κ2) is 11.0. The molecule has 2 aliphatic rings. The summed E-state index contributed by atoms with van der Waals surface area (Å²) in [6.45, 7) is 0.282. The second-order valence-electron chi connectivity index (χ2n) is 10.8. The molecule has 6 rings (SSSR count). The number of aryl methyl sites for hydroxylation is 2. The van der Waals surface area contributed by atoms with Crippen LogP contribution in [-0.2, 0) is 34.8 Å². The number of imidazole rings is 1. The number of carbonyl (C=O) groups excluding carboxylic acids is 1. The van der Waals surface area contributed by atoms with Crippen molar-refractivity contribution in [3.63, 3.8) is 0 Å². The summed E-state index contributed by atoms with van der Waals surface area (Å²) in [6.07, 6.45) is 6.51. The Morgan fingerprint density at radius 1 is 1.15 bits per heavy atom. The van der Waals surface area contributed by atoms with Gasteiger partial charge in [-0.1, -0.05) is 35.9 Å². The van der Waals surface area contributed by atoms with Crippen LogP contribution in [0.2, 0.25) is 5.02 Å². The van der Waals surface area contributed by atoms with Crippen LogP contribution >= 0.6 is 11.6 Å². The number of nitrogens with one attached hydrogen (secondary N) is 1. The van der Waals surface area contributed by atoms with E-state index in [0.717, 1.165) is 47.8 Å². The van der Waals surface area contributed by atoms with Gasteiger partial charge in [0.25, 0.3) is 0 Å². The smallest absolute Gasteiger partial charge is 0.241 e. The quantitative estimate of drug-likeness (QED) is 0.276. The van der Waals surface area contributed by atoms with Gasteiger partial charge in [-0.15, -0.1) is 0 Å². The highest BCUT2D eigenvalue weighted by Crippen LogP contribution is 2.49. The zero-order valence-corrected chi connectivity index (χ0v) is 24.1. The van der Waals surface area contributed by atoms with Crippen molar-refractivity contribution in [1.29, 1.82) is 0 Å². The monoisotopic (exact) mass is 592 g/mol. The third-order valence-corrected chi connectivity index (χ3v) is 9.77. The zero-order chi connectivity index (χ0) is 28.7. The van der Waals surface area contributed by atoms with Gasteiger partial charge in [0.15, 0.2) is 0 Å². The van der Waals surface area contributed by atoms with Crippen molar-refractivity contribution < 1.29 is 17.6 Å². The topological polar surface area (TPSA) is 84.3 Å². The van der Waals surface area contributed by atoms with Crippen molar-refractivity contribution in [3.8, 4) is 0 Å². The fraction of sp³-hybridized carbons (Fsp3) is 0.290. The maximum absolute atomic E-state index is 14.0. The SMILES string of the molecule is Cn1ccnc1CN(C(=O)[C@H]1C[C@H]1c1ccc(Cl)cc1)c1ccc2c(c1)[C@H](NS(=O)(=O)c1cccc(F)c1)CCC2. The Morgan fingerprint density at radius 3 is 2.68 bits per heavy atom. The maximum atomic E-state index is 14.0. The number of benzene rings is 3. The molecule has 212 valence electrons. The average molecular weight is 593 g/mol. The normalized spacial score (nSPS) is 19.9. The van der Waals surface area contributed by atoms with Crippen LogP contribution in [0.15, 0.2) is 84.0 Å². The van der Waals surface area contributed by atoms with Crippen LogP contribution in [0, 0.1) is 11.7 Å². The molecule has 1 heterocycles. The molecule has 1 amide bonds. The molecule has 3 atom stereocenters. The van der Waals surface area contributed by atoms with E-state index < -0.39 is 21.9 Å². The van der Waals surface area contributed by atoms with Crippen LogP contribution in [0.25, 0.3) is 0 Å². The first-order valence-electron chi connectivity index (χ1n) is 13.6. The number of amides is 1. The van der Waals surface area contributed by atoms with Crippen LogP contribution in [0.4, 0.5) is 10.1 Å². The molecular formula is C31H30ClFN4O3S. The Bertz CT molecular complexity index is 1710. The molecule has 1 aromatic heterocycles. The standard InChI is InChI=1S/C31H30ClFN4O3S/c1-36-15-14-34-30(36)19-37(31(38)28-18-26(28)21-8-11-22(32)12-9-21)24-13-10-20-4-2-7-29(27(20)17-24)35-41(39,40)25-6-3-5-23(33)16-25/h3,5-6,8-17,26,28-29,35H,2,4,7,18-19H2,1H3/t26-,28-,29+/m0/s1. The molecule has 0 saturated heterocycles. The van der Waals surface area contributed by atoms with Crippen molar-refractivity contribution in [2.45, 2.75) is 49.1 Å². The Balaban J connectivity index is 1.31. The largest absolute Gasteiger partial charge is 0.337 e. The lowest BCUT2D eigenvalue weighted by atomic mass is 9.87. The molecule has 3 aromatic carbocycles. The van der Waals surface area contributed by atoms with Crippen molar-refractivity contribution in [2.75, 3.05) is 4.90 Å². The molecule has 0 spiro atoms. The molecule has 0 unspecified atom stereocenters. The summed E-state index contributed by atoms with van der Waals surface area (Å²) < 4.78 is 44.8. The molecule has 41 heavy (non-hydrogen) atoms. The first-order valence-corrected chi connectivity index (χ1v) is 15.5. The van der Waals surface area contributed by atoms with E-state index in [1.165, 1.54) is 18.2 Å². The van der Waals surface area contributed by atoms with Crippen LogP contribution < -0.4 is 9.62 Å². The lowest BCUT2D eigenvalue weighted by Crippen LogP contribution is -2.34. The van der Waals surface area contributed by atoms with E-state index >= 15 is 0 Å². The van der Waals surface area contributed by atoms with Crippen molar-refractivity contribution >= 4 is 33.2 Å². The van der Waals surface area contributed by atoms with E-state index in [4.69, 9.17) is 11.6 Å². The van der Waals surface area contributed by atoms with Gasteiger partial charge in [0.2, 0.25) is 15.9 Å². The summed E-state index contributed by atoms with van der Waals surface area (Å²) in [5.74, 6) is 0.0743. The van der Waals surface area contributed by atoms with Crippen LogP contribution in [0.3, 0.4) is 0 Å². The predicted molar refractivity (Wildman–Crippen MR) is 156 cm³/mol. The molecule has 1 N–H and O–H groups in total. The van der Waals surface area contributed by atoms with Gasteiger partial charge >= 0.3 is 0 Å². The van der Waals surface area contributed by atoms with Gasteiger partial charge in [-0.2, -0.15) is 0 Å². The van der Waals surface area contributed by atoms with E-state index in [1.54, 1.807) is 11.1 Å². The first kappa shape index (κ1) is 27.6. The number of hydrogen-bond donors (Lipinski definition) is 1. The fourth-order valence-corrected chi connectivity index (χ4v) is 7.11. The number of nitrogens with zero attached hydrogens (tertiary/aromatic N) is 3. The lowest BCUT2D eigenvalue weighted by molar-refractivity contribution is -0.120. The first-order chi connectivity index (χ1) is 19.7. The van der Waals surface area contributed by atoms with Crippen molar-refractivity contribution in [3.05, 3.63) is 112 Å². The summed E-state index contributed by atoms with van der Waals surface area (Å²) in [5, 5.41) is 0.658. The van der Waals surface area contributed by atoms with E-state index in [9.17, 15) is 17.6 Å². The van der Waals surface area contributed by atoms with Gasteiger partial charge in [0.1, 0.15) is 11.6 Å². The minimum absolute atomic E-state index is 0.000556. The number of sulfonamides is 1. The number of anilines is 1. The van der Waals surface area contributed by atoms with E-state index in [2.05, 4.69) is 9.71 Å². The molecule has 10 heteroatoms. The number of hydrogen-bond acceptors (Lipinski definition) is 4. The van der Waals surface area contributed by atoms with Gasteiger partial charge in [0, 0.05) is 42.1 Å². The molecule has 1 saturated carbocycles. The molecule has 2 aliphatic carbocycles. The van der Waals surface area contributed by atoms with Gasteiger partial charge in [-0.05, 0) is 90.8 Å². The molecule has 0 aliphatic heterocycles. The third kappa shape index (κ3) is 5.80. The number of fused-ring (bicyclic) bond motifs is 1.